The number of ether oxygens (including phenoxy) is 1. The maximum atomic E-state index is 12.1. The molecule has 24 heavy (non-hydrogen) atoms. The molecule has 0 saturated carbocycles. The SMILES string of the molecule is Cc1cccc(C)c1NCC(=O)Nc1ccc(OCC(C)C)cc1. The van der Waals surface area contributed by atoms with Crippen molar-refractivity contribution in [3.8, 4) is 5.75 Å². The van der Waals surface area contributed by atoms with Crippen molar-refractivity contribution in [2.45, 2.75) is 27.7 Å². The average molecular weight is 326 g/mol. The summed E-state index contributed by atoms with van der Waals surface area (Å²) < 4.78 is 5.63. The second kappa shape index (κ2) is 8.39. The topological polar surface area (TPSA) is 50.4 Å². The van der Waals surface area contributed by atoms with E-state index in [0.29, 0.717) is 12.5 Å². The molecule has 0 aliphatic rings. The van der Waals surface area contributed by atoms with Crippen LogP contribution in [0.2, 0.25) is 0 Å². The van der Waals surface area contributed by atoms with Crippen molar-refractivity contribution in [1.82, 2.24) is 0 Å². The number of anilines is 2. The molecular formula is C20H26N2O2. The van der Waals surface area contributed by atoms with Crippen molar-refractivity contribution in [3.05, 3.63) is 53.6 Å². The Labute approximate surface area is 144 Å². The number of carbonyl (C=O) groups is 1. The summed E-state index contributed by atoms with van der Waals surface area (Å²) in [5, 5.41) is 6.09. The van der Waals surface area contributed by atoms with Gasteiger partial charge in [0.2, 0.25) is 5.91 Å². The van der Waals surface area contributed by atoms with Gasteiger partial charge in [-0.1, -0.05) is 32.0 Å². The third-order valence-corrected chi connectivity index (χ3v) is 3.63. The van der Waals surface area contributed by atoms with E-state index in [0.717, 1.165) is 28.3 Å². The summed E-state index contributed by atoms with van der Waals surface area (Å²) in [6.07, 6.45) is 0. The Balaban J connectivity index is 1.86. The summed E-state index contributed by atoms with van der Waals surface area (Å²) in [5.41, 5.74) is 4.05. The highest BCUT2D eigenvalue weighted by Gasteiger charge is 2.06. The summed E-state index contributed by atoms with van der Waals surface area (Å²) in [4.78, 5) is 12.1. The van der Waals surface area contributed by atoms with Gasteiger partial charge in [0.15, 0.2) is 0 Å². The van der Waals surface area contributed by atoms with Crippen LogP contribution < -0.4 is 15.4 Å². The molecule has 2 rings (SSSR count). The van der Waals surface area contributed by atoms with E-state index in [1.54, 1.807) is 0 Å². The zero-order chi connectivity index (χ0) is 17.5. The number of hydrogen-bond acceptors (Lipinski definition) is 3. The fourth-order valence-electron chi connectivity index (χ4n) is 2.36. The molecule has 0 unspecified atom stereocenters. The van der Waals surface area contributed by atoms with Gasteiger partial charge >= 0.3 is 0 Å². The molecular weight excluding hydrogens is 300 g/mol. The van der Waals surface area contributed by atoms with Gasteiger partial charge in [-0.3, -0.25) is 4.79 Å². The summed E-state index contributed by atoms with van der Waals surface area (Å²) in [6, 6.07) is 13.5. The Bertz CT molecular complexity index is 658. The van der Waals surface area contributed by atoms with Gasteiger partial charge in [-0.05, 0) is 55.2 Å². The first kappa shape index (κ1) is 17.9. The summed E-state index contributed by atoms with van der Waals surface area (Å²) in [6.45, 7) is 9.20. The van der Waals surface area contributed by atoms with Gasteiger partial charge in [0, 0.05) is 11.4 Å². The molecule has 2 aromatic carbocycles. The van der Waals surface area contributed by atoms with E-state index in [1.165, 1.54) is 0 Å². The lowest BCUT2D eigenvalue weighted by Gasteiger charge is -2.13. The molecule has 0 bridgehead atoms. The van der Waals surface area contributed by atoms with Gasteiger partial charge in [-0.2, -0.15) is 0 Å². The van der Waals surface area contributed by atoms with Gasteiger partial charge in [0.1, 0.15) is 5.75 Å². The Morgan fingerprint density at radius 1 is 1.04 bits per heavy atom. The van der Waals surface area contributed by atoms with Crippen molar-refractivity contribution in [3.63, 3.8) is 0 Å². The van der Waals surface area contributed by atoms with E-state index in [-0.39, 0.29) is 12.5 Å². The number of carbonyl (C=O) groups excluding carboxylic acids is 1. The maximum Gasteiger partial charge on any atom is 0.243 e. The first-order chi connectivity index (χ1) is 11.5. The lowest BCUT2D eigenvalue weighted by Crippen LogP contribution is -2.22. The van der Waals surface area contributed by atoms with Crippen molar-refractivity contribution < 1.29 is 9.53 Å². The number of benzene rings is 2. The molecule has 1 amide bonds. The molecule has 4 nitrogen and oxygen atoms in total. The number of amides is 1. The van der Waals surface area contributed by atoms with E-state index in [2.05, 4.69) is 24.5 Å². The predicted octanol–water partition coefficient (Wildman–Crippen LogP) is 4.39. The molecule has 0 saturated heterocycles. The van der Waals surface area contributed by atoms with Crippen molar-refractivity contribution in [2.24, 2.45) is 5.92 Å². The summed E-state index contributed by atoms with van der Waals surface area (Å²) >= 11 is 0. The number of nitrogens with one attached hydrogen (secondary N) is 2. The second-order valence-electron chi connectivity index (χ2n) is 6.40. The second-order valence-corrected chi connectivity index (χ2v) is 6.40. The van der Waals surface area contributed by atoms with Crippen LogP contribution in [0.3, 0.4) is 0 Å². The Morgan fingerprint density at radius 2 is 1.67 bits per heavy atom. The Hall–Kier alpha value is -2.49. The highest BCUT2D eigenvalue weighted by Crippen LogP contribution is 2.19. The van der Waals surface area contributed by atoms with E-state index in [4.69, 9.17) is 4.74 Å². The van der Waals surface area contributed by atoms with E-state index < -0.39 is 0 Å². The molecule has 0 atom stereocenters. The van der Waals surface area contributed by atoms with Crippen LogP contribution in [0.4, 0.5) is 11.4 Å². The summed E-state index contributed by atoms with van der Waals surface area (Å²) in [7, 11) is 0. The zero-order valence-corrected chi connectivity index (χ0v) is 14.8. The number of para-hydroxylation sites is 1. The normalized spacial score (nSPS) is 10.5. The standard InChI is InChI=1S/C20H26N2O2/c1-14(2)13-24-18-10-8-17(9-11-18)22-19(23)12-21-20-15(3)6-5-7-16(20)4/h5-11,14,21H,12-13H2,1-4H3,(H,22,23). The molecule has 0 radical (unpaired) electrons. The Kier molecular flexibility index (Phi) is 6.24. The monoisotopic (exact) mass is 326 g/mol. The lowest BCUT2D eigenvalue weighted by atomic mass is 10.1. The summed E-state index contributed by atoms with van der Waals surface area (Å²) in [5.74, 6) is 1.23. The maximum absolute atomic E-state index is 12.1. The number of aryl methyl sites for hydroxylation is 2. The third kappa shape index (κ3) is 5.30. The van der Waals surface area contributed by atoms with Crippen LogP contribution >= 0.6 is 0 Å². The van der Waals surface area contributed by atoms with Gasteiger partial charge in [-0.25, -0.2) is 0 Å². The number of rotatable bonds is 7. The fourth-order valence-corrected chi connectivity index (χ4v) is 2.36. The molecule has 2 N–H and O–H groups in total. The van der Waals surface area contributed by atoms with Crippen LogP contribution in [0.1, 0.15) is 25.0 Å². The molecule has 4 heteroatoms. The molecule has 128 valence electrons. The quantitative estimate of drug-likeness (QED) is 0.793. The minimum Gasteiger partial charge on any atom is -0.493 e. The van der Waals surface area contributed by atoms with Crippen LogP contribution in [-0.2, 0) is 4.79 Å². The van der Waals surface area contributed by atoms with Crippen LogP contribution in [0, 0.1) is 19.8 Å². The van der Waals surface area contributed by atoms with Gasteiger partial charge in [0.05, 0.1) is 13.2 Å². The zero-order valence-electron chi connectivity index (χ0n) is 14.8. The molecule has 0 heterocycles. The Morgan fingerprint density at radius 3 is 2.25 bits per heavy atom. The van der Waals surface area contributed by atoms with E-state index in [1.807, 2.05) is 56.3 Å². The van der Waals surface area contributed by atoms with Crippen LogP contribution in [0.5, 0.6) is 5.75 Å². The van der Waals surface area contributed by atoms with Crippen molar-refractivity contribution in [1.29, 1.82) is 0 Å². The predicted molar refractivity (Wildman–Crippen MR) is 99.8 cm³/mol. The van der Waals surface area contributed by atoms with Crippen molar-refractivity contribution in [2.75, 3.05) is 23.8 Å². The van der Waals surface area contributed by atoms with Gasteiger partial charge in [-0.15, -0.1) is 0 Å². The largest absolute Gasteiger partial charge is 0.493 e. The smallest absolute Gasteiger partial charge is 0.243 e. The van der Waals surface area contributed by atoms with Crippen molar-refractivity contribution >= 4 is 17.3 Å². The lowest BCUT2D eigenvalue weighted by molar-refractivity contribution is -0.114. The van der Waals surface area contributed by atoms with Crippen LogP contribution in [-0.4, -0.2) is 19.1 Å². The highest BCUT2D eigenvalue weighted by molar-refractivity contribution is 5.94. The molecule has 2 aromatic rings. The van der Waals surface area contributed by atoms with Gasteiger partial charge in [0.25, 0.3) is 0 Å². The molecule has 0 aliphatic heterocycles. The third-order valence-electron chi connectivity index (χ3n) is 3.63. The average Bonchev–Trinajstić information content (AvgIpc) is 2.53. The molecule has 0 fully saturated rings. The fraction of sp³-hybridized carbons (Fsp3) is 0.350. The molecule has 0 aromatic heterocycles. The van der Waals surface area contributed by atoms with E-state index >= 15 is 0 Å². The molecule has 0 spiro atoms. The highest BCUT2D eigenvalue weighted by atomic mass is 16.5. The van der Waals surface area contributed by atoms with Crippen LogP contribution in [0.15, 0.2) is 42.5 Å². The van der Waals surface area contributed by atoms with Gasteiger partial charge < -0.3 is 15.4 Å². The minimum absolute atomic E-state index is 0.0755. The first-order valence-electron chi connectivity index (χ1n) is 8.28. The minimum atomic E-state index is -0.0755. The van der Waals surface area contributed by atoms with Crippen LogP contribution in [0.25, 0.3) is 0 Å². The molecule has 0 aliphatic carbocycles. The number of hydrogen-bond donors (Lipinski definition) is 2. The first-order valence-corrected chi connectivity index (χ1v) is 8.28. The van der Waals surface area contributed by atoms with E-state index in [9.17, 15) is 4.79 Å².